The van der Waals surface area contributed by atoms with Crippen LogP contribution in [0.15, 0.2) is 18.2 Å². The first-order valence-corrected chi connectivity index (χ1v) is 9.59. The normalized spacial score (nSPS) is 24.3. The van der Waals surface area contributed by atoms with Crippen molar-refractivity contribution in [3.05, 3.63) is 23.8 Å². The Morgan fingerprint density at radius 1 is 0.963 bits per heavy atom. The van der Waals surface area contributed by atoms with Crippen LogP contribution in [-0.2, 0) is 15.5 Å². The molecule has 0 aromatic heterocycles. The van der Waals surface area contributed by atoms with Gasteiger partial charge in [-0.05, 0) is 78.4 Å². The quantitative estimate of drug-likeness (QED) is 0.687. The summed E-state index contributed by atoms with van der Waals surface area (Å²) < 4.78 is 53.6. The summed E-state index contributed by atoms with van der Waals surface area (Å²) in [6.45, 7) is 12.2. The molecule has 1 aromatic rings. The fourth-order valence-electron chi connectivity index (χ4n) is 3.85. The molecular weight excluding hydrogens is 354 g/mol. The summed E-state index contributed by atoms with van der Waals surface area (Å²) in [7, 11) is -0.806. The second-order valence-corrected chi connectivity index (χ2v) is 9.28. The molecule has 0 atom stereocenters. The number of anilines is 1. The standard InChI is InChI=1S/C20H29BF3NO2/c1-17(2)11-7-8-12-25(17)16-10-9-14(13-15(16)20(22,23)24)21-26-18(3,4)19(5,6)27-21/h9-10,13H,7-8,11-12H2,1-6H3. The van der Waals surface area contributed by atoms with Gasteiger partial charge in [0.2, 0.25) is 0 Å². The van der Waals surface area contributed by atoms with Crippen LogP contribution < -0.4 is 10.4 Å². The van der Waals surface area contributed by atoms with Gasteiger partial charge in [-0.1, -0.05) is 6.07 Å². The Labute approximate surface area is 160 Å². The second kappa shape index (κ2) is 6.41. The topological polar surface area (TPSA) is 21.7 Å². The lowest BCUT2D eigenvalue weighted by molar-refractivity contribution is -0.137. The van der Waals surface area contributed by atoms with Crippen molar-refractivity contribution >= 4 is 18.3 Å². The minimum atomic E-state index is -4.44. The van der Waals surface area contributed by atoms with E-state index in [1.54, 1.807) is 12.1 Å². The zero-order chi connectivity index (χ0) is 20.3. The zero-order valence-electron chi connectivity index (χ0n) is 17.0. The third kappa shape index (κ3) is 3.73. The number of hydrogen-bond donors (Lipinski definition) is 0. The van der Waals surface area contributed by atoms with E-state index in [9.17, 15) is 13.2 Å². The first-order valence-electron chi connectivity index (χ1n) is 9.59. The number of benzene rings is 1. The van der Waals surface area contributed by atoms with Gasteiger partial charge >= 0.3 is 13.3 Å². The predicted molar refractivity (Wildman–Crippen MR) is 102 cm³/mol. The molecule has 0 amide bonds. The number of rotatable bonds is 2. The summed E-state index contributed by atoms with van der Waals surface area (Å²) in [4.78, 5) is 1.90. The highest BCUT2D eigenvalue weighted by atomic mass is 19.4. The first-order chi connectivity index (χ1) is 12.2. The van der Waals surface area contributed by atoms with Crippen molar-refractivity contribution in [2.45, 2.75) is 83.7 Å². The minimum absolute atomic E-state index is 0.243. The van der Waals surface area contributed by atoms with E-state index in [2.05, 4.69) is 0 Å². The molecule has 0 saturated carbocycles. The lowest BCUT2D eigenvalue weighted by Crippen LogP contribution is -2.48. The third-order valence-electron chi connectivity index (χ3n) is 6.29. The van der Waals surface area contributed by atoms with Crippen molar-refractivity contribution in [1.82, 2.24) is 0 Å². The summed E-state index contributed by atoms with van der Waals surface area (Å²) in [5.41, 5.74) is -1.46. The van der Waals surface area contributed by atoms with Gasteiger partial charge in [-0.15, -0.1) is 0 Å². The maximum absolute atomic E-state index is 13.9. The molecule has 0 unspecified atom stereocenters. The van der Waals surface area contributed by atoms with Gasteiger partial charge in [-0.3, -0.25) is 0 Å². The van der Waals surface area contributed by atoms with E-state index in [1.165, 1.54) is 6.07 Å². The van der Waals surface area contributed by atoms with Crippen molar-refractivity contribution in [2.75, 3.05) is 11.4 Å². The summed E-state index contributed by atoms with van der Waals surface area (Å²) in [6.07, 6.45) is -1.62. The van der Waals surface area contributed by atoms with Crippen LogP contribution in [0.1, 0.15) is 66.4 Å². The SMILES string of the molecule is CC1(C)CCCCN1c1ccc(B2OC(C)(C)C(C)(C)O2)cc1C(F)(F)F. The maximum atomic E-state index is 13.9. The second-order valence-electron chi connectivity index (χ2n) is 9.28. The van der Waals surface area contributed by atoms with E-state index in [0.29, 0.717) is 12.0 Å². The Bertz CT molecular complexity index is 700. The Hall–Kier alpha value is -1.21. The molecule has 0 radical (unpaired) electrons. The molecular formula is C20H29BF3NO2. The van der Waals surface area contributed by atoms with E-state index in [-0.39, 0.29) is 11.2 Å². The minimum Gasteiger partial charge on any atom is -0.399 e. The highest BCUT2D eigenvalue weighted by Crippen LogP contribution is 2.42. The largest absolute Gasteiger partial charge is 0.494 e. The zero-order valence-corrected chi connectivity index (χ0v) is 17.0. The molecule has 2 aliphatic rings. The van der Waals surface area contributed by atoms with Gasteiger partial charge < -0.3 is 14.2 Å². The molecule has 3 rings (SSSR count). The van der Waals surface area contributed by atoms with Crippen LogP contribution in [0.3, 0.4) is 0 Å². The van der Waals surface area contributed by atoms with Crippen LogP contribution in [0, 0.1) is 0 Å². The predicted octanol–water partition coefficient (Wildman–Crippen LogP) is 4.77. The average molecular weight is 383 g/mol. The highest BCUT2D eigenvalue weighted by Gasteiger charge is 2.52. The molecule has 2 aliphatic heterocycles. The van der Waals surface area contributed by atoms with Crippen LogP contribution in [0.4, 0.5) is 18.9 Å². The fourth-order valence-corrected chi connectivity index (χ4v) is 3.85. The van der Waals surface area contributed by atoms with Crippen molar-refractivity contribution in [3.63, 3.8) is 0 Å². The maximum Gasteiger partial charge on any atom is 0.494 e. The van der Waals surface area contributed by atoms with Crippen LogP contribution >= 0.6 is 0 Å². The van der Waals surface area contributed by atoms with Gasteiger partial charge in [0.1, 0.15) is 0 Å². The molecule has 2 saturated heterocycles. The summed E-state index contributed by atoms with van der Waals surface area (Å²) in [6, 6.07) is 4.48. The molecule has 27 heavy (non-hydrogen) atoms. The van der Waals surface area contributed by atoms with Gasteiger partial charge in [-0.2, -0.15) is 13.2 Å². The van der Waals surface area contributed by atoms with Crippen LogP contribution in [-0.4, -0.2) is 30.4 Å². The molecule has 2 fully saturated rings. The fraction of sp³-hybridized carbons (Fsp3) is 0.700. The first kappa shape index (κ1) is 20.5. The molecule has 0 spiro atoms. The summed E-state index contributed by atoms with van der Waals surface area (Å²) in [5.74, 6) is 0. The molecule has 1 aromatic carbocycles. The molecule has 3 nitrogen and oxygen atoms in total. The smallest absolute Gasteiger partial charge is 0.399 e. The molecule has 2 heterocycles. The molecule has 0 N–H and O–H groups in total. The Kier molecular flexibility index (Phi) is 4.87. The van der Waals surface area contributed by atoms with Crippen LogP contribution in [0.25, 0.3) is 0 Å². The highest BCUT2D eigenvalue weighted by molar-refractivity contribution is 6.62. The van der Waals surface area contributed by atoms with Gasteiger partial charge in [0, 0.05) is 17.8 Å². The molecule has 0 aliphatic carbocycles. The number of nitrogens with zero attached hydrogens (tertiary/aromatic N) is 1. The average Bonchev–Trinajstić information content (AvgIpc) is 2.74. The van der Waals surface area contributed by atoms with E-state index < -0.39 is 30.1 Å². The van der Waals surface area contributed by atoms with Crippen molar-refractivity contribution in [2.24, 2.45) is 0 Å². The van der Waals surface area contributed by atoms with Gasteiger partial charge in [-0.25, -0.2) is 0 Å². The van der Waals surface area contributed by atoms with Crippen molar-refractivity contribution in [1.29, 1.82) is 0 Å². The summed E-state index contributed by atoms with van der Waals surface area (Å²) in [5, 5.41) is 0. The van der Waals surface area contributed by atoms with E-state index in [4.69, 9.17) is 9.31 Å². The molecule has 7 heteroatoms. The van der Waals surface area contributed by atoms with Crippen molar-refractivity contribution in [3.8, 4) is 0 Å². The lowest BCUT2D eigenvalue weighted by Gasteiger charge is -2.45. The Morgan fingerprint density at radius 3 is 2.07 bits per heavy atom. The number of hydrogen-bond acceptors (Lipinski definition) is 3. The lowest BCUT2D eigenvalue weighted by atomic mass is 9.77. The van der Waals surface area contributed by atoms with Gasteiger partial charge in [0.05, 0.1) is 16.8 Å². The third-order valence-corrected chi connectivity index (χ3v) is 6.29. The number of piperidine rings is 1. The number of alkyl halides is 3. The van der Waals surface area contributed by atoms with Gasteiger partial charge in [0.15, 0.2) is 0 Å². The van der Waals surface area contributed by atoms with E-state index in [0.717, 1.165) is 19.3 Å². The number of halogens is 3. The van der Waals surface area contributed by atoms with E-state index >= 15 is 0 Å². The summed E-state index contributed by atoms with van der Waals surface area (Å²) >= 11 is 0. The van der Waals surface area contributed by atoms with Gasteiger partial charge in [0.25, 0.3) is 0 Å². The van der Waals surface area contributed by atoms with Crippen molar-refractivity contribution < 1.29 is 22.5 Å². The molecule has 0 bridgehead atoms. The Balaban J connectivity index is 2.01. The van der Waals surface area contributed by atoms with Crippen LogP contribution in [0.2, 0.25) is 0 Å². The van der Waals surface area contributed by atoms with E-state index in [1.807, 2.05) is 46.4 Å². The van der Waals surface area contributed by atoms with Crippen LogP contribution in [0.5, 0.6) is 0 Å². The Morgan fingerprint density at radius 2 is 1.56 bits per heavy atom. The monoisotopic (exact) mass is 383 g/mol. The molecule has 150 valence electrons.